The van der Waals surface area contributed by atoms with Crippen LogP contribution < -0.4 is 11.5 Å². The van der Waals surface area contributed by atoms with Crippen molar-refractivity contribution in [3.63, 3.8) is 0 Å². The number of rotatable bonds is 3. The fourth-order valence-corrected chi connectivity index (χ4v) is 0.886. The van der Waals surface area contributed by atoms with E-state index in [2.05, 4.69) is 4.52 Å². The molecule has 0 fully saturated rings. The van der Waals surface area contributed by atoms with Crippen LogP contribution in [0.3, 0.4) is 0 Å². The lowest BCUT2D eigenvalue weighted by atomic mass is 10.4. The predicted octanol–water partition coefficient (Wildman–Crippen LogP) is -0.633. The van der Waals surface area contributed by atoms with Gasteiger partial charge in [0.1, 0.15) is 11.8 Å². The number of carbonyl (C=O) groups is 1. The Morgan fingerprint density at radius 2 is 1.92 bits per heavy atom. The van der Waals surface area contributed by atoms with E-state index < -0.39 is 25.4 Å². The van der Waals surface area contributed by atoms with Crippen molar-refractivity contribution in [2.75, 3.05) is 0 Å². The van der Waals surface area contributed by atoms with Crippen molar-refractivity contribution >= 4 is 13.6 Å². The highest BCUT2D eigenvalue weighted by Crippen LogP contribution is 2.44. The molecule has 3 atom stereocenters. The second kappa shape index (κ2) is 4.00. The van der Waals surface area contributed by atoms with Crippen LogP contribution in [0.15, 0.2) is 0 Å². The molecule has 0 aliphatic heterocycles. The van der Waals surface area contributed by atoms with Crippen molar-refractivity contribution in [3.8, 4) is 0 Å². The summed E-state index contributed by atoms with van der Waals surface area (Å²) in [5, 5.41) is 0. The minimum absolute atomic E-state index is 0.927. The van der Waals surface area contributed by atoms with Crippen molar-refractivity contribution in [2.24, 2.45) is 11.5 Å². The van der Waals surface area contributed by atoms with Crippen LogP contribution in [0.25, 0.3) is 0 Å². The van der Waals surface area contributed by atoms with Gasteiger partial charge in [-0.05, 0) is 13.8 Å². The van der Waals surface area contributed by atoms with Gasteiger partial charge in [0, 0.05) is 0 Å². The molecule has 0 aromatic rings. The number of hydrogen-bond acceptors (Lipinski definition) is 5. The average molecular weight is 196 g/mol. The van der Waals surface area contributed by atoms with Gasteiger partial charge in [-0.15, -0.1) is 0 Å². The average Bonchev–Trinajstić information content (AvgIpc) is 1.85. The van der Waals surface area contributed by atoms with Crippen LogP contribution in [-0.4, -0.2) is 22.7 Å². The molecule has 0 aromatic carbocycles. The molecule has 0 aliphatic carbocycles. The molecule has 0 saturated heterocycles. The van der Waals surface area contributed by atoms with Gasteiger partial charge in [-0.1, -0.05) is 0 Å². The topological polar surface area (TPSA) is 116 Å². The molecular formula is C5H13N2O4P. The molecule has 0 aliphatic rings. The summed E-state index contributed by atoms with van der Waals surface area (Å²) in [5.74, 6) is -2.03. The van der Waals surface area contributed by atoms with Crippen LogP contribution in [0.5, 0.6) is 0 Å². The van der Waals surface area contributed by atoms with Gasteiger partial charge in [-0.25, -0.2) is 4.57 Å². The van der Waals surface area contributed by atoms with E-state index in [4.69, 9.17) is 16.4 Å². The van der Waals surface area contributed by atoms with Gasteiger partial charge in [-0.2, -0.15) is 0 Å². The van der Waals surface area contributed by atoms with E-state index in [1.54, 1.807) is 0 Å². The minimum atomic E-state index is -4.03. The molecule has 0 heterocycles. The molecule has 12 heavy (non-hydrogen) atoms. The molecule has 0 saturated carbocycles. The Kier molecular flexibility index (Phi) is 3.86. The summed E-state index contributed by atoms with van der Waals surface area (Å²) in [4.78, 5) is 19.7. The monoisotopic (exact) mass is 196 g/mol. The first kappa shape index (κ1) is 11.6. The highest BCUT2D eigenvalue weighted by molar-refractivity contribution is 7.54. The van der Waals surface area contributed by atoms with Crippen molar-refractivity contribution in [1.82, 2.24) is 0 Å². The Hall–Kier alpha value is -0.420. The summed E-state index contributed by atoms with van der Waals surface area (Å²) in [7, 11) is -4.03. The van der Waals surface area contributed by atoms with E-state index in [-0.39, 0.29) is 0 Å². The second-order valence-corrected chi connectivity index (χ2v) is 4.63. The first-order valence-corrected chi connectivity index (χ1v) is 4.99. The predicted molar refractivity (Wildman–Crippen MR) is 43.2 cm³/mol. The van der Waals surface area contributed by atoms with E-state index >= 15 is 0 Å². The fraction of sp³-hybridized carbons (Fsp3) is 0.800. The zero-order valence-electron chi connectivity index (χ0n) is 6.93. The Morgan fingerprint density at radius 1 is 1.50 bits per heavy atom. The Labute approximate surface area is 70.4 Å². The summed E-state index contributed by atoms with van der Waals surface area (Å²) in [6.07, 6.45) is 0. The van der Waals surface area contributed by atoms with Gasteiger partial charge in [0.05, 0.1) is 0 Å². The molecule has 0 rings (SSSR count). The standard InChI is InChI=1S/C5H13N2O4P/c1-3(6)5(8)11-12(9,10)4(2)7/h3-4H,6-7H2,1-2H3,(H,9,10). The molecular weight excluding hydrogens is 183 g/mol. The number of carbonyl (C=O) groups excluding carboxylic acids is 1. The van der Waals surface area contributed by atoms with Crippen molar-refractivity contribution in [2.45, 2.75) is 25.7 Å². The highest BCUT2D eigenvalue weighted by atomic mass is 31.2. The van der Waals surface area contributed by atoms with Gasteiger partial charge < -0.3 is 20.9 Å². The van der Waals surface area contributed by atoms with Gasteiger partial charge >= 0.3 is 13.6 Å². The van der Waals surface area contributed by atoms with Crippen molar-refractivity contribution in [3.05, 3.63) is 0 Å². The Morgan fingerprint density at radius 3 is 2.17 bits per heavy atom. The van der Waals surface area contributed by atoms with Crippen LogP contribution >= 0.6 is 7.60 Å². The molecule has 0 amide bonds. The van der Waals surface area contributed by atoms with Crippen LogP contribution in [0.2, 0.25) is 0 Å². The zero-order chi connectivity index (χ0) is 9.94. The summed E-state index contributed by atoms with van der Waals surface area (Å²) in [6.45, 7) is 2.62. The van der Waals surface area contributed by atoms with Gasteiger partial charge in [0.2, 0.25) is 0 Å². The largest absolute Gasteiger partial charge is 0.395 e. The maximum absolute atomic E-state index is 11.0. The molecule has 0 spiro atoms. The quantitative estimate of drug-likeness (QED) is 0.517. The van der Waals surface area contributed by atoms with Crippen LogP contribution in [0.4, 0.5) is 0 Å². The summed E-state index contributed by atoms with van der Waals surface area (Å²) in [6, 6.07) is -0.927. The molecule has 5 N–H and O–H groups in total. The van der Waals surface area contributed by atoms with Crippen LogP contribution in [-0.2, 0) is 13.9 Å². The Balaban J connectivity index is 4.26. The molecule has 7 heteroatoms. The van der Waals surface area contributed by atoms with E-state index in [1.807, 2.05) is 0 Å². The normalized spacial score (nSPS) is 20.8. The molecule has 0 radical (unpaired) electrons. The van der Waals surface area contributed by atoms with Gasteiger partial charge in [-0.3, -0.25) is 4.79 Å². The minimum Gasteiger partial charge on any atom is -0.390 e. The smallest absolute Gasteiger partial charge is 0.390 e. The lowest BCUT2D eigenvalue weighted by Gasteiger charge is -2.15. The van der Waals surface area contributed by atoms with Crippen LogP contribution in [0.1, 0.15) is 13.8 Å². The third-order valence-corrected chi connectivity index (χ3v) is 2.58. The van der Waals surface area contributed by atoms with E-state index in [0.717, 1.165) is 0 Å². The molecule has 3 unspecified atom stereocenters. The van der Waals surface area contributed by atoms with E-state index in [1.165, 1.54) is 13.8 Å². The number of nitrogens with two attached hydrogens (primary N) is 2. The fourth-order valence-electron chi connectivity index (χ4n) is 0.295. The lowest BCUT2D eigenvalue weighted by Crippen LogP contribution is -2.30. The summed E-state index contributed by atoms with van der Waals surface area (Å²) in [5.41, 5.74) is 10.2. The first-order valence-electron chi connectivity index (χ1n) is 3.34. The third-order valence-electron chi connectivity index (χ3n) is 1.11. The molecule has 0 bridgehead atoms. The summed E-state index contributed by atoms with van der Waals surface area (Å²) >= 11 is 0. The lowest BCUT2D eigenvalue weighted by molar-refractivity contribution is -0.135. The van der Waals surface area contributed by atoms with E-state index in [9.17, 15) is 9.36 Å². The third kappa shape index (κ3) is 3.32. The summed E-state index contributed by atoms with van der Waals surface area (Å²) < 4.78 is 15.1. The van der Waals surface area contributed by atoms with Crippen molar-refractivity contribution in [1.29, 1.82) is 0 Å². The second-order valence-electron chi connectivity index (χ2n) is 2.50. The SMILES string of the molecule is CC(N)C(=O)OP(=O)(O)C(C)N. The van der Waals surface area contributed by atoms with Gasteiger partial charge in [0.15, 0.2) is 0 Å². The van der Waals surface area contributed by atoms with Crippen molar-refractivity contribution < 1.29 is 18.8 Å². The zero-order valence-corrected chi connectivity index (χ0v) is 7.82. The first-order chi connectivity index (χ1) is 5.27. The molecule has 72 valence electrons. The van der Waals surface area contributed by atoms with Crippen LogP contribution in [0, 0.1) is 0 Å². The number of hydrogen-bond donors (Lipinski definition) is 3. The molecule has 0 aromatic heterocycles. The molecule has 6 nitrogen and oxygen atoms in total. The maximum Gasteiger partial charge on any atom is 0.395 e. The van der Waals surface area contributed by atoms with E-state index in [0.29, 0.717) is 0 Å². The Bertz CT molecular complexity index is 215. The van der Waals surface area contributed by atoms with Gasteiger partial charge in [0.25, 0.3) is 0 Å². The maximum atomic E-state index is 11.0. The highest BCUT2D eigenvalue weighted by Gasteiger charge is 2.30.